The minimum atomic E-state index is -0.117. The Morgan fingerprint density at radius 2 is 2.12 bits per heavy atom. The lowest BCUT2D eigenvalue weighted by Crippen LogP contribution is -2.40. The van der Waals surface area contributed by atoms with Crippen LogP contribution in [0.15, 0.2) is 18.2 Å². The van der Waals surface area contributed by atoms with Crippen LogP contribution in [0, 0.1) is 0 Å². The fourth-order valence-corrected chi connectivity index (χ4v) is 3.65. The molecule has 0 aliphatic carbocycles. The lowest BCUT2D eigenvalue weighted by molar-refractivity contribution is 0.223. The second-order valence-electron chi connectivity index (χ2n) is 6.50. The Labute approximate surface area is 148 Å². The van der Waals surface area contributed by atoms with Crippen LogP contribution in [0.5, 0.6) is 5.75 Å². The topological polar surface area (TPSA) is 53.6 Å². The smallest absolute Gasteiger partial charge is 0.315 e. The summed E-state index contributed by atoms with van der Waals surface area (Å²) in [4.78, 5) is 14.6. The molecule has 1 saturated heterocycles. The van der Waals surface area contributed by atoms with Gasteiger partial charge in [0.2, 0.25) is 0 Å². The van der Waals surface area contributed by atoms with Crippen molar-refractivity contribution in [2.45, 2.75) is 38.1 Å². The highest BCUT2D eigenvalue weighted by molar-refractivity contribution is 6.32. The lowest BCUT2D eigenvalue weighted by atomic mass is 10.0. The number of hydrogen-bond acceptors (Lipinski definition) is 3. The zero-order valence-corrected chi connectivity index (χ0v) is 14.8. The first-order valence-electron chi connectivity index (χ1n) is 8.92. The standard InChI is InChI=1S/C18H26ClN3O2/c19-15-7-5-6-14-16(8-13-24-17(14)15)21-18(23)20-9-1-2-10-22-11-3-4-12-22/h5-7,16H,1-4,8-13H2,(H2,20,21,23). The van der Waals surface area contributed by atoms with Gasteiger partial charge in [-0.2, -0.15) is 0 Å². The molecule has 0 bridgehead atoms. The van der Waals surface area contributed by atoms with Crippen LogP contribution in [-0.4, -0.2) is 43.7 Å². The SMILES string of the molecule is O=C(NCCCCN1CCCC1)NC1CCOc2c(Cl)cccc21. The largest absolute Gasteiger partial charge is 0.492 e. The molecule has 2 aliphatic heterocycles. The second-order valence-corrected chi connectivity index (χ2v) is 6.91. The van der Waals surface area contributed by atoms with E-state index in [1.165, 1.54) is 25.9 Å². The average Bonchev–Trinajstić information content (AvgIpc) is 3.09. The predicted octanol–water partition coefficient (Wildman–Crippen LogP) is 3.34. The quantitative estimate of drug-likeness (QED) is 0.773. The molecular weight excluding hydrogens is 326 g/mol. The number of likely N-dealkylation sites (tertiary alicyclic amines) is 1. The normalized spacial score (nSPS) is 20.3. The molecule has 2 N–H and O–H groups in total. The van der Waals surface area contributed by atoms with Crippen molar-refractivity contribution in [1.82, 2.24) is 15.5 Å². The number of unbranched alkanes of at least 4 members (excludes halogenated alkanes) is 1. The first-order chi connectivity index (χ1) is 11.7. The number of benzene rings is 1. The summed E-state index contributed by atoms with van der Waals surface area (Å²) in [6.45, 7) is 4.90. The molecule has 1 fully saturated rings. The van der Waals surface area contributed by atoms with E-state index in [0.29, 0.717) is 23.9 Å². The molecule has 1 aromatic rings. The van der Waals surface area contributed by atoms with Crippen molar-refractivity contribution in [2.24, 2.45) is 0 Å². The monoisotopic (exact) mass is 351 g/mol. The number of carbonyl (C=O) groups excluding carboxylic acids is 1. The summed E-state index contributed by atoms with van der Waals surface area (Å²) in [5, 5.41) is 6.59. The zero-order chi connectivity index (χ0) is 16.8. The average molecular weight is 352 g/mol. The van der Waals surface area contributed by atoms with Gasteiger partial charge >= 0.3 is 6.03 Å². The summed E-state index contributed by atoms with van der Waals surface area (Å²) in [7, 11) is 0. The zero-order valence-electron chi connectivity index (χ0n) is 14.0. The molecule has 132 valence electrons. The fraction of sp³-hybridized carbons (Fsp3) is 0.611. The summed E-state index contributed by atoms with van der Waals surface area (Å²) in [5.74, 6) is 0.696. The molecule has 2 heterocycles. The second kappa shape index (κ2) is 8.58. The molecule has 3 rings (SSSR count). The van der Waals surface area contributed by atoms with Gasteiger partial charge in [0.25, 0.3) is 0 Å². The first-order valence-corrected chi connectivity index (χ1v) is 9.30. The first kappa shape index (κ1) is 17.4. The molecule has 6 heteroatoms. The number of ether oxygens (including phenoxy) is 1. The molecule has 0 aromatic heterocycles. The fourth-order valence-electron chi connectivity index (χ4n) is 3.41. The van der Waals surface area contributed by atoms with Crippen LogP contribution in [-0.2, 0) is 0 Å². The van der Waals surface area contributed by atoms with Gasteiger partial charge in [0.1, 0.15) is 5.75 Å². The third kappa shape index (κ3) is 4.54. The van der Waals surface area contributed by atoms with E-state index < -0.39 is 0 Å². The number of halogens is 1. The van der Waals surface area contributed by atoms with E-state index in [1.54, 1.807) is 0 Å². The summed E-state index contributed by atoms with van der Waals surface area (Å²) in [5.41, 5.74) is 0.956. The van der Waals surface area contributed by atoms with Gasteiger partial charge in [0.15, 0.2) is 0 Å². The number of urea groups is 1. The number of fused-ring (bicyclic) bond motifs is 1. The lowest BCUT2D eigenvalue weighted by Gasteiger charge is -2.27. The summed E-state index contributed by atoms with van der Waals surface area (Å²) >= 11 is 6.16. The Morgan fingerprint density at radius 3 is 2.96 bits per heavy atom. The van der Waals surface area contributed by atoms with Crippen LogP contribution in [0.4, 0.5) is 4.79 Å². The third-order valence-electron chi connectivity index (χ3n) is 4.72. The van der Waals surface area contributed by atoms with Gasteiger partial charge in [0.05, 0.1) is 17.7 Å². The summed E-state index contributed by atoms with van der Waals surface area (Å²) in [6, 6.07) is 5.50. The van der Waals surface area contributed by atoms with Gasteiger partial charge in [-0.15, -0.1) is 0 Å². The molecular formula is C18H26ClN3O2. The van der Waals surface area contributed by atoms with E-state index >= 15 is 0 Å². The highest BCUT2D eigenvalue weighted by Gasteiger charge is 2.24. The van der Waals surface area contributed by atoms with Crippen molar-refractivity contribution in [2.75, 3.05) is 32.8 Å². The predicted molar refractivity (Wildman–Crippen MR) is 95.7 cm³/mol. The van der Waals surface area contributed by atoms with Crippen molar-refractivity contribution >= 4 is 17.6 Å². The minimum absolute atomic E-state index is 0.0444. The Balaban J connectivity index is 1.39. The van der Waals surface area contributed by atoms with Crippen molar-refractivity contribution in [3.8, 4) is 5.75 Å². The van der Waals surface area contributed by atoms with E-state index in [2.05, 4.69) is 15.5 Å². The maximum absolute atomic E-state index is 12.1. The van der Waals surface area contributed by atoms with Gasteiger partial charge in [-0.05, 0) is 51.4 Å². The van der Waals surface area contributed by atoms with E-state index in [9.17, 15) is 4.79 Å². The van der Waals surface area contributed by atoms with Crippen LogP contribution in [0.2, 0.25) is 5.02 Å². The number of nitrogens with zero attached hydrogens (tertiary/aromatic N) is 1. The number of rotatable bonds is 6. The molecule has 2 aliphatic rings. The minimum Gasteiger partial charge on any atom is -0.492 e. The van der Waals surface area contributed by atoms with E-state index in [4.69, 9.17) is 16.3 Å². The summed E-state index contributed by atoms with van der Waals surface area (Å²) in [6.07, 6.45) is 5.57. The van der Waals surface area contributed by atoms with Crippen LogP contribution in [0.1, 0.15) is 43.7 Å². The van der Waals surface area contributed by atoms with Gasteiger partial charge in [-0.3, -0.25) is 0 Å². The van der Waals surface area contributed by atoms with Gasteiger partial charge in [-0.1, -0.05) is 23.7 Å². The molecule has 2 amide bonds. The van der Waals surface area contributed by atoms with Crippen molar-refractivity contribution in [1.29, 1.82) is 0 Å². The van der Waals surface area contributed by atoms with Gasteiger partial charge < -0.3 is 20.3 Å². The molecule has 5 nitrogen and oxygen atoms in total. The van der Waals surface area contributed by atoms with Crippen molar-refractivity contribution in [3.05, 3.63) is 28.8 Å². The molecule has 0 radical (unpaired) electrons. The number of amides is 2. The van der Waals surface area contributed by atoms with E-state index in [-0.39, 0.29) is 12.1 Å². The maximum Gasteiger partial charge on any atom is 0.315 e. The van der Waals surface area contributed by atoms with Crippen LogP contribution in [0.25, 0.3) is 0 Å². The molecule has 0 saturated carbocycles. The molecule has 1 aromatic carbocycles. The van der Waals surface area contributed by atoms with Crippen LogP contribution >= 0.6 is 11.6 Å². The Hall–Kier alpha value is -1.46. The third-order valence-corrected chi connectivity index (χ3v) is 5.01. The van der Waals surface area contributed by atoms with Crippen LogP contribution < -0.4 is 15.4 Å². The molecule has 24 heavy (non-hydrogen) atoms. The number of nitrogens with one attached hydrogen (secondary N) is 2. The molecule has 1 atom stereocenters. The Bertz CT molecular complexity index is 561. The van der Waals surface area contributed by atoms with Gasteiger partial charge in [-0.25, -0.2) is 4.79 Å². The number of carbonyl (C=O) groups is 1. The van der Waals surface area contributed by atoms with Crippen molar-refractivity contribution in [3.63, 3.8) is 0 Å². The highest BCUT2D eigenvalue weighted by Crippen LogP contribution is 2.37. The van der Waals surface area contributed by atoms with E-state index in [1.807, 2.05) is 18.2 Å². The summed E-state index contributed by atoms with van der Waals surface area (Å²) < 4.78 is 5.62. The maximum atomic E-state index is 12.1. The van der Waals surface area contributed by atoms with Crippen LogP contribution in [0.3, 0.4) is 0 Å². The molecule has 0 spiro atoms. The van der Waals surface area contributed by atoms with Gasteiger partial charge in [0, 0.05) is 18.5 Å². The number of hydrogen-bond donors (Lipinski definition) is 2. The Kier molecular flexibility index (Phi) is 6.21. The highest BCUT2D eigenvalue weighted by atomic mass is 35.5. The van der Waals surface area contributed by atoms with Crippen molar-refractivity contribution < 1.29 is 9.53 Å². The number of para-hydroxylation sites is 1. The molecule has 1 unspecified atom stereocenters. The Morgan fingerprint density at radius 1 is 1.29 bits per heavy atom. The van der Waals surface area contributed by atoms with E-state index in [0.717, 1.165) is 31.4 Å².